The molecular formula is C16H19F4N3O. The highest BCUT2D eigenvalue weighted by atomic mass is 19.2. The van der Waals surface area contributed by atoms with Crippen molar-refractivity contribution in [1.82, 2.24) is 9.88 Å². The Labute approximate surface area is 137 Å². The Balaban J connectivity index is 1.62. The zero-order chi connectivity index (χ0) is 17.3. The van der Waals surface area contributed by atoms with Crippen molar-refractivity contribution in [2.75, 3.05) is 31.1 Å². The molecule has 2 aliphatic rings. The van der Waals surface area contributed by atoms with Crippen LogP contribution < -0.4 is 4.90 Å². The van der Waals surface area contributed by atoms with Gasteiger partial charge in [0.1, 0.15) is 5.69 Å². The lowest BCUT2D eigenvalue weighted by molar-refractivity contribution is -0.131. The summed E-state index contributed by atoms with van der Waals surface area (Å²) in [6, 6.07) is 0. The number of carbonyl (C=O) groups is 1. The second-order valence-corrected chi connectivity index (χ2v) is 6.39. The topological polar surface area (TPSA) is 36.4 Å². The van der Waals surface area contributed by atoms with Gasteiger partial charge < -0.3 is 9.80 Å². The third-order valence-corrected chi connectivity index (χ3v) is 4.83. The molecule has 0 aromatic carbocycles. The normalized spacial score (nSPS) is 19.2. The quantitative estimate of drug-likeness (QED) is 0.624. The third kappa shape index (κ3) is 3.32. The molecule has 1 amide bonds. The highest BCUT2D eigenvalue weighted by molar-refractivity contribution is 5.76. The van der Waals surface area contributed by atoms with Crippen LogP contribution in [0.15, 0.2) is 0 Å². The summed E-state index contributed by atoms with van der Waals surface area (Å²) in [5.41, 5.74) is -0.704. The molecule has 3 heterocycles. The van der Waals surface area contributed by atoms with Crippen LogP contribution in [0.1, 0.15) is 32.1 Å². The van der Waals surface area contributed by atoms with Gasteiger partial charge in [-0.2, -0.15) is 22.5 Å². The molecule has 0 saturated carbocycles. The van der Waals surface area contributed by atoms with Gasteiger partial charge in [-0.25, -0.2) is 0 Å². The van der Waals surface area contributed by atoms with Crippen LogP contribution in [0, 0.1) is 29.4 Å². The predicted octanol–water partition coefficient (Wildman–Crippen LogP) is 2.87. The van der Waals surface area contributed by atoms with E-state index in [9.17, 15) is 22.4 Å². The van der Waals surface area contributed by atoms with Crippen molar-refractivity contribution in [3.63, 3.8) is 0 Å². The molecule has 4 nitrogen and oxygen atoms in total. The van der Waals surface area contributed by atoms with Gasteiger partial charge in [0, 0.05) is 32.6 Å². The standard InChI is InChI=1S/C16H19F4N3O/c17-12-14(13(18)16(20)21-15(12)19)23-7-3-10(4-8-23)9-11(24)22-5-1-2-6-22/h10H,1-9H2. The number of anilines is 1. The minimum atomic E-state index is -1.64. The van der Waals surface area contributed by atoms with Crippen molar-refractivity contribution < 1.29 is 22.4 Å². The lowest BCUT2D eigenvalue weighted by Crippen LogP contribution is -2.37. The fourth-order valence-electron chi connectivity index (χ4n) is 3.46. The van der Waals surface area contributed by atoms with E-state index in [4.69, 9.17) is 0 Å². The van der Waals surface area contributed by atoms with Gasteiger partial charge >= 0.3 is 0 Å². The van der Waals surface area contributed by atoms with E-state index in [0.717, 1.165) is 25.9 Å². The molecule has 0 unspecified atom stereocenters. The minimum Gasteiger partial charge on any atom is -0.366 e. The van der Waals surface area contributed by atoms with Gasteiger partial charge in [0.25, 0.3) is 11.9 Å². The minimum absolute atomic E-state index is 0.115. The number of piperidine rings is 1. The summed E-state index contributed by atoms with van der Waals surface area (Å²) >= 11 is 0. The lowest BCUT2D eigenvalue weighted by Gasteiger charge is -2.34. The Hall–Kier alpha value is -1.86. The van der Waals surface area contributed by atoms with Crippen LogP contribution in [0.3, 0.4) is 0 Å². The number of hydrogen-bond donors (Lipinski definition) is 0. The second kappa shape index (κ2) is 6.94. The molecule has 3 rings (SSSR count). The number of pyridine rings is 1. The van der Waals surface area contributed by atoms with Crippen molar-refractivity contribution in [1.29, 1.82) is 0 Å². The maximum absolute atomic E-state index is 13.8. The average Bonchev–Trinajstić information content (AvgIpc) is 3.09. The Bertz CT molecular complexity index is 600. The van der Waals surface area contributed by atoms with Crippen molar-refractivity contribution in [2.45, 2.75) is 32.1 Å². The highest BCUT2D eigenvalue weighted by Gasteiger charge is 2.30. The molecule has 132 valence electrons. The lowest BCUT2D eigenvalue weighted by atomic mass is 9.92. The van der Waals surface area contributed by atoms with Gasteiger partial charge in [-0.1, -0.05) is 0 Å². The highest BCUT2D eigenvalue weighted by Crippen LogP contribution is 2.31. The van der Waals surface area contributed by atoms with Crippen molar-refractivity contribution >= 4 is 11.6 Å². The zero-order valence-electron chi connectivity index (χ0n) is 13.2. The zero-order valence-corrected chi connectivity index (χ0v) is 13.2. The van der Waals surface area contributed by atoms with Crippen LogP contribution >= 0.6 is 0 Å². The third-order valence-electron chi connectivity index (χ3n) is 4.83. The van der Waals surface area contributed by atoms with Crippen LogP contribution in [0.5, 0.6) is 0 Å². The van der Waals surface area contributed by atoms with Gasteiger partial charge in [0.15, 0.2) is 0 Å². The fraction of sp³-hybridized carbons (Fsp3) is 0.625. The van der Waals surface area contributed by atoms with Crippen molar-refractivity contribution in [3.05, 3.63) is 23.5 Å². The van der Waals surface area contributed by atoms with E-state index in [1.807, 2.05) is 4.90 Å². The molecule has 0 atom stereocenters. The van der Waals surface area contributed by atoms with E-state index < -0.39 is 29.2 Å². The first-order valence-corrected chi connectivity index (χ1v) is 8.20. The van der Waals surface area contributed by atoms with Gasteiger partial charge in [-0.3, -0.25) is 4.79 Å². The van der Waals surface area contributed by atoms with Crippen molar-refractivity contribution in [3.8, 4) is 0 Å². The number of amides is 1. The Kier molecular flexibility index (Phi) is 4.91. The number of hydrogen-bond acceptors (Lipinski definition) is 3. The largest absolute Gasteiger partial charge is 0.366 e. The van der Waals surface area contributed by atoms with Crippen molar-refractivity contribution in [2.24, 2.45) is 5.92 Å². The number of rotatable bonds is 3. The van der Waals surface area contributed by atoms with Gasteiger partial charge in [0.05, 0.1) is 0 Å². The van der Waals surface area contributed by atoms with Crippen LogP contribution in [0.4, 0.5) is 23.2 Å². The summed E-state index contributed by atoms with van der Waals surface area (Å²) in [6.45, 7) is 2.08. The molecule has 2 aliphatic heterocycles. The molecule has 2 saturated heterocycles. The Morgan fingerprint density at radius 2 is 1.50 bits per heavy atom. The first-order chi connectivity index (χ1) is 11.5. The Morgan fingerprint density at radius 1 is 0.958 bits per heavy atom. The van der Waals surface area contributed by atoms with Gasteiger partial charge in [0.2, 0.25) is 17.5 Å². The number of halogens is 4. The second-order valence-electron chi connectivity index (χ2n) is 6.39. The van der Waals surface area contributed by atoms with Crippen LogP contribution in [0.25, 0.3) is 0 Å². The van der Waals surface area contributed by atoms with Crippen LogP contribution in [0.2, 0.25) is 0 Å². The smallest absolute Gasteiger partial charge is 0.253 e. The molecule has 0 N–H and O–H groups in total. The molecule has 8 heteroatoms. The van der Waals surface area contributed by atoms with E-state index >= 15 is 0 Å². The first-order valence-electron chi connectivity index (χ1n) is 8.20. The van der Waals surface area contributed by atoms with E-state index in [1.165, 1.54) is 4.90 Å². The summed E-state index contributed by atoms with van der Waals surface area (Å²) < 4.78 is 54.0. The molecule has 2 fully saturated rings. The molecule has 24 heavy (non-hydrogen) atoms. The first kappa shape index (κ1) is 17.0. The van der Waals surface area contributed by atoms with Gasteiger partial charge in [-0.15, -0.1) is 0 Å². The maximum atomic E-state index is 13.8. The summed E-state index contributed by atoms with van der Waals surface area (Å²) in [4.78, 5) is 17.8. The number of likely N-dealkylation sites (tertiary alicyclic amines) is 1. The molecule has 0 spiro atoms. The molecule has 1 aromatic heterocycles. The van der Waals surface area contributed by atoms with E-state index in [1.54, 1.807) is 0 Å². The molecule has 1 aromatic rings. The number of carbonyl (C=O) groups excluding carboxylic acids is 1. The summed E-state index contributed by atoms with van der Waals surface area (Å²) in [5, 5.41) is 0. The van der Waals surface area contributed by atoms with E-state index in [0.29, 0.717) is 19.3 Å². The molecule has 0 aliphatic carbocycles. The molecular weight excluding hydrogens is 326 g/mol. The number of nitrogens with zero attached hydrogens (tertiary/aromatic N) is 3. The van der Waals surface area contributed by atoms with E-state index in [2.05, 4.69) is 4.98 Å². The SMILES string of the molecule is O=C(CC1CCN(c2c(F)c(F)nc(F)c2F)CC1)N1CCCC1. The number of aromatic nitrogens is 1. The predicted molar refractivity (Wildman–Crippen MR) is 79.4 cm³/mol. The molecule has 0 radical (unpaired) electrons. The van der Waals surface area contributed by atoms with Crippen LogP contribution in [-0.2, 0) is 4.79 Å². The summed E-state index contributed by atoms with van der Waals surface area (Å²) in [7, 11) is 0. The van der Waals surface area contributed by atoms with E-state index in [-0.39, 0.29) is 24.9 Å². The average molecular weight is 345 g/mol. The maximum Gasteiger partial charge on any atom is 0.253 e. The monoisotopic (exact) mass is 345 g/mol. The summed E-state index contributed by atoms with van der Waals surface area (Å²) in [5.74, 6) is -5.99. The Morgan fingerprint density at radius 3 is 2.04 bits per heavy atom. The fourth-order valence-corrected chi connectivity index (χ4v) is 3.46. The van der Waals surface area contributed by atoms with Crippen LogP contribution in [-0.4, -0.2) is 42.0 Å². The molecule has 0 bridgehead atoms. The van der Waals surface area contributed by atoms with Gasteiger partial charge in [-0.05, 0) is 31.6 Å². The summed E-state index contributed by atoms with van der Waals surface area (Å²) in [6.07, 6.45) is 3.57.